The van der Waals surface area contributed by atoms with E-state index in [9.17, 15) is 9.59 Å². The van der Waals surface area contributed by atoms with Gasteiger partial charge in [0.25, 0.3) is 0 Å². The van der Waals surface area contributed by atoms with Crippen LogP contribution in [-0.4, -0.2) is 137 Å². The number of nitrogens with zero attached hydrogens (tertiary/aromatic N) is 4. The Hall–Kier alpha value is -0.900. The van der Waals surface area contributed by atoms with Crippen molar-refractivity contribution in [2.75, 3.05) is 106 Å². The van der Waals surface area contributed by atoms with Crippen molar-refractivity contribution < 1.29 is 19.1 Å². The lowest BCUT2D eigenvalue weighted by Gasteiger charge is -2.14. The molecule has 0 saturated carbocycles. The van der Waals surface area contributed by atoms with Crippen molar-refractivity contribution >= 4 is 11.6 Å². The van der Waals surface area contributed by atoms with Gasteiger partial charge in [0.05, 0.1) is 0 Å². The van der Waals surface area contributed by atoms with Crippen LogP contribution in [-0.2, 0) is 19.1 Å². The molecule has 8 nitrogen and oxygen atoms in total. The third kappa shape index (κ3) is 6540. The van der Waals surface area contributed by atoms with Crippen LogP contribution in [0.5, 0.6) is 0 Å². The van der Waals surface area contributed by atoms with Gasteiger partial charge < -0.3 is 28.9 Å². The molecule has 0 aromatic rings. The number of carbonyl (C=O) groups is 2. The zero-order chi connectivity index (χ0) is 36.4. The van der Waals surface area contributed by atoms with Gasteiger partial charge in [0, 0.05) is 35.1 Å². The minimum Gasteiger partial charge on any atom is -0.388 e. The number of Topliss-reactive ketones (excluding diaryl/α,β-unsaturated/α-hetero) is 2. The van der Waals surface area contributed by atoms with Gasteiger partial charge in [-0.1, -0.05) is 95.9 Å². The molecule has 0 spiro atoms. The Balaban J connectivity index is -0.0000000211. The molecule has 0 atom stereocenters. The van der Waals surface area contributed by atoms with Crippen LogP contribution in [0.15, 0.2) is 0 Å². The van der Waals surface area contributed by atoms with E-state index >= 15 is 0 Å². The maximum atomic E-state index is 9.44. The number of carbonyl (C=O) groups excluding carboxylic acids is 2. The molecule has 0 aliphatic carbocycles. The molecule has 0 amide bonds. The minimum atomic E-state index is 0. The van der Waals surface area contributed by atoms with Crippen molar-refractivity contribution in [3.63, 3.8) is 0 Å². The van der Waals surface area contributed by atoms with E-state index in [-0.39, 0.29) is 26.4 Å². The fourth-order valence-corrected chi connectivity index (χ4v) is 0.566. The summed E-state index contributed by atoms with van der Waals surface area (Å²) < 4.78 is 8.50. The van der Waals surface area contributed by atoms with Crippen LogP contribution >= 0.6 is 0 Å². The molecule has 0 aliphatic rings. The second-order valence-electron chi connectivity index (χ2n) is 10.4. The van der Waals surface area contributed by atoms with Crippen molar-refractivity contribution in [2.24, 2.45) is 0 Å². The van der Waals surface area contributed by atoms with E-state index in [4.69, 9.17) is 0 Å². The first-order chi connectivity index (χ1) is 18.5. The number of ketones is 2. The van der Waals surface area contributed by atoms with Crippen molar-refractivity contribution in [1.82, 2.24) is 19.6 Å². The van der Waals surface area contributed by atoms with Gasteiger partial charge in [0.15, 0.2) is 0 Å². The summed E-state index contributed by atoms with van der Waals surface area (Å²) in [7, 11) is 26.7. The van der Waals surface area contributed by atoms with Crippen LogP contribution in [0.2, 0.25) is 0 Å². The van der Waals surface area contributed by atoms with Crippen LogP contribution in [0, 0.1) is 0 Å². The molecule has 43 heavy (non-hydrogen) atoms. The molecule has 0 rings (SSSR count). The second kappa shape index (κ2) is 114. The molecule has 0 aliphatic heterocycles. The summed E-state index contributed by atoms with van der Waals surface area (Å²) in [5, 5.41) is 0. The van der Waals surface area contributed by atoms with Crippen LogP contribution in [0.4, 0.5) is 0 Å². The van der Waals surface area contributed by atoms with E-state index in [0.29, 0.717) is 0 Å². The molecule has 8 heteroatoms. The Kier molecular flexibility index (Phi) is 222. The Labute approximate surface area is 279 Å². The number of hydrogen-bond acceptors (Lipinski definition) is 8. The van der Waals surface area contributed by atoms with Gasteiger partial charge in [-0.2, -0.15) is 0 Å². The molecule has 0 aromatic carbocycles. The SMILES string of the molecule is C.C.CC(C)=O.CC(C)=O.CCC.CCC.CCC.CCC.CN(C)C.CN(C)C.CN(C)CN(C)C.COC.COC. The molecule has 0 fully saturated rings. The van der Waals surface area contributed by atoms with E-state index < -0.39 is 0 Å². The molecule has 0 radical (unpaired) electrons. The van der Waals surface area contributed by atoms with E-state index in [1.54, 1.807) is 28.4 Å². The van der Waals surface area contributed by atoms with E-state index in [1.807, 2.05) is 52.1 Å². The van der Waals surface area contributed by atoms with Crippen LogP contribution in [0.1, 0.15) is 124 Å². The zero-order valence-electron chi connectivity index (χ0n) is 34.0. The fraction of sp³-hybridized carbons (Fsp3) is 0.943. The molecule has 0 N–H and O–H groups in total. The Morgan fingerprint density at radius 3 is 0.465 bits per heavy atom. The van der Waals surface area contributed by atoms with Gasteiger partial charge in [-0.05, 0) is 98.2 Å². The number of rotatable bonds is 2. The summed E-state index contributed by atoms with van der Waals surface area (Å²) in [5.41, 5.74) is 0. The van der Waals surface area contributed by atoms with Gasteiger partial charge in [0.2, 0.25) is 0 Å². The highest BCUT2D eigenvalue weighted by atomic mass is 16.5. The minimum absolute atomic E-state index is 0. The molecular formula is C35H96N4O4. The standard InChI is InChI=1S/C5H14N2.2C3H9N.2C3H6O.4C3H8.2C2H6O.2CH4/c1-6(2)5-7(3)4;2*1-4(2)3;2*1-3(2)4;6*1-3-2;;/h5H2,1-4H3;2*1-3H3;2*1-2H3;4*3H2,1-2H3;2*1-2H3;2*1H4. The summed E-state index contributed by atoms with van der Waals surface area (Å²) in [6.45, 7) is 24.1. The third-order valence-electron chi connectivity index (χ3n) is 0.566. The Morgan fingerprint density at radius 1 is 0.419 bits per heavy atom. The monoisotopic (exact) mass is 637 g/mol. The normalized spacial score (nSPS) is 7.21. The summed E-state index contributed by atoms with van der Waals surface area (Å²) in [6.07, 6.45) is 5.00. The molecule has 0 bridgehead atoms. The molecule has 280 valence electrons. The smallest absolute Gasteiger partial charge is 0.126 e. The van der Waals surface area contributed by atoms with Gasteiger partial charge >= 0.3 is 0 Å². The second-order valence-corrected chi connectivity index (χ2v) is 10.4. The largest absolute Gasteiger partial charge is 0.388 e. The summed E-state index contributed by atoms with van der Waals surface area (Å²) in [4.78, 5) is 27.1. The average molecular weight is 637 g/mol. The van der Waals surface area contributed by atoms with Crippen molar-refractivity contribution in [1.29, 1.82) is 0 Å². The van der Waals surface area contributed by atoms with Crippen LogP contribution in [0.25, 0.3) is 0 Å². The zero-order valence-corrected chi connectivity index (χ0v) is 34.0. The number of ether oxygens (including phenoxy) is 2. The average Bonchev–Trinajstić information content (AvgIpc) is 2.69. The first-order valence-corrected chi connectivity index (χ1v) is 14.8. The van der Waals surface area contributed by atoms with Crippen molar-refractivity contribution in [3.05, 3.63) is 0 Å². The van der Waals surface area contributed by atoms with Gasteiger partial charge in [-0.3, -0.25) is 9.80 Å². The highest BCUT2D eigenvalue weighted by Gasteiger charge is 1.87. The molecule has 0 heterocycles. The first-order valence-electron chi connectivity index (χ1n) is 14.8. The Morgan fingerprint density at radius 2 is 0.465 bits per heavy atom. The lowest BCUT2D eigenvalue weighted by Crippen LogP contribution is -2.26. The van der Waals surface area contributed by atoms with Crippen LogP contribution in [0.3, 0.4) is 0 Å². The molecular weight excluding hydrogens is 540 g/mol. The van der Waals surface area contributed by atoms with Crippen LogP contribution < -0.4 is 0 Å². The summed E-state index contributed by atoms with van der Waals surface area (Å²) >= 11 is 0. The molecule has 0 unspecified atom stereocenters. The predicted molar refractivity (Wildman–Crippen MR) is 207 cm³/mol. The maximum absolute atomic E-state index is 9.44. The topological polar surface area (TPSA) is 65.6 Å². The van der Waals surface area contributed by atoms with E-state index in [0.717, 1.165) is 6.67 Å². The molecule has 0 saturated heterocycles. The highest BCUT2D eigenvalue weighted by molar-refractivity contribution is 5.72. The fourth-order valence-electron chi connectivity index (χ4n) is 0.566. The van der Waals surface area contributed by atoms with Crippen molar-refractivity contribution in [2.45, 2.75) is 124 Å². The number of hydrogen-bond donors (Lipinski definition) is 0. The van der Waals surface area contributed by atoms with Crippen molar-refractivity contribution in [3.8, 4) is 0 Å². The highest BCUT2D eigenvalue weighted by Crippen LogP contribution is 1.74. The van der Waals surface area contributed by atoms with Gasteiger partial charge in [-0.15, -0.1) is 0 Å². The summed E-state index contributed by atoms with van der Waals surface area (Å²) in [5.74, 6) is 0.333. The summed E-state index contributed by atoms with van der Waals surface area (Å²) in [6, 6.07) is 0. The Bertz CT molecular complexity index is 276. The van der Waals surface area contributed by atoms with Gasteiger partial charge in [0.1, 0.15) is 11.6 Å². The van der Waals surface area contributed by atoms with Gasteiger partial charge in [-0.25, -0.2) is 0 Å². The predicted octanol–water partition coefficient (Wildman–Crippen LogP) is 9.08. The van der Waals surface area contributed by atoms with E-state index in [1.165, 1.54) is 53.4 Å². The number of methoxy groups -OCH3 is 2. The maximum Gasteiger partial charge on any atom is 0.126 e. The lowest BCUT2D eigenvalue weighted by molar-refractivity contribution is -0.115. The first kappa shape index (κ1) is 84.0. The quantitative estimate of drug-likeness (QED) is 0.278. The third-order valence-corrected chi connectivity index (χ3v) is 0.566. The van der Waals surface area contributed by atoms with E-state index in [2.05, 4.69) is 103 Å². The lowest BCUT2D eigenvalue weighted by atomic mass is 10.6. The molecule has 0 aromatic heterocycles.